The van der Waals surface area contributed by atoms with Crippen LogP contribution in [0.3, 0.4) is 0 Å². The van der Waals surface area contributed by atoms with Gasteiger partial charge in [0.2, 0.25) is 0 Å². The number of hydrogen-bond donors (Lipinski definition) is 0. The van der Waals surface area contributed by atoms with E-state index in [1.165, 1.54) is 29.3 Å². The van der Waals surface area contributed by atoms with Crippen LogP contribution in [0.15, 0.2) is 23.3 Å². The van der Waals surface area contributed by atoms with E-state index in [0.29, 0.717) is 5.41 Å². The van der Waals surface area contributed by atoms with Crippen molar-refractivity contribution in [2.45, 2.75) is 40.0 Å². The summed E-state index contributed by atoms with van der Waals surface area (Å²) in [6, 6.07) is 0. The zero-order valence-corrected chi connectivity index (χ0v) is 11.0. The molecule has 0 saturated carbocycles. The second-order valence-electron chi connectivity index (χ2n) is 4.41. The quantitative estimate of drug-likeness (QED) is 0.518. The fraction of sp³-hybridized carbons (Fsp3) is 0.667. The molecule has 0 fully saturated rings. The molecule has 0 N–H and O–H groups in total. The Labute approximate surface area is 95.6 Å². The summed E-state index contributed by atoms with van der Waals surface area (Å²) in [5.41, 5.74) is 3.49. The Kier molecular flexibility index (Phi) is 4.02. The predicted molar refractivity (Wildman–Crippen MR) is 68.4 cm³/mol. The molecule has 0 saturated heterocycles. The van der Waals surface area contributed by atoms with Crippen LogP contribution in [0.2, 0.25) is 0 Å². The second-order valence-corrected chi connectivity index (χ2v) is 5.48. The van der Waals surface area contributed by atoms with Crippen LogP contribution >= 0.6 is 22.6 Å². The molecule has 0 heterocycles. The smallest absolute Gasteiger partial charge is 0.00301 e. The monoisotopic (exact) mass is 290 g/mol. The van der Waals surface area contributed by atoms with Crippen LogP contribution in [0.5, 0.6) is 0 Å². The molecule has 0 amide bonds. The van der Waals surface area contributed by atoms with Crippen LogP contribution in [0.4, 0.5) is 0 Å². The summed E-state index contributed by atoms with van der Waals surface area (Å²) in [7, 11) is 0. The molecule has 0 aromatic rings. The van der Waals surface area contributed by atoms with Gasteiger partial charge in [-0.15, -0.1) is 0 Å². The largest absolute Gasteiger partial charge is 0.0860 e. The first-order chi connectivity index (χ1) is 6.08. The topological polar surface area (TPSA) is 0 Å². The first-order valence-electron chi connectivity index (χ1n) is 5.01. The van der Waals surface area contributed by atoms with Crippen molar-refractivity contribution in [2.24, 2.45) is 5.41 Å². The molecule has 0 radical (unpaired) electrons. The fourth-order valence-corrected chi connectivity index (χ4v) is 2.38. The average Bonchev–Trinajstić information content (AvgIpc) is 2.02. The van der Waals surface area contributed by atoms with Crippen LogP contribution < -0.4 is 0 Å². The van der Waals surface area contributed by atoms with E-state index in [1.54, 1.807) is 5.57 Å². The fourth-order valence-electron chi connectivity index (χ4n) is 2.06. The molecule has 0 aromatic carbocycles. The molecular weight excluding hydrogens is 271 g/mol. The number of hydrogen-bond acceptors (Lipinski definition) is 0. The molecular formula is C12H19I. The minimum Gasteiger partial charge on any atom is -0.0860 e. The first-order valence-corrected chi connectivity index (χ1v) is 6.54. The summed E-state index contributed by atoms with van der Waals surface area (Å²) in [5.74, 6) is 0. The molecule has 0 nitrogen and oxygen atoms in total. The maximum Gasteiger partial charge on any atom is 0.00301 e. The van der Waals surface area contributed by atoms with Gasteiger partial charge in [-0.05, 0) is 37.2 Å². The van der Waals surface area contributed by atoms with Crippen molar-refractivity contribution in [3.05, 3.63) is 23.3 Å². The normalized spacial score (nSPS) is 24.6. The Morgan fingerprint density at radius 1 is 1.54 bits per heavy atom. The molecule has 1 aliphatic carbocycles. The van der Waals surface area contributed by atoms with E-state index in [9.17, 15) is 0 Å². The SMILES string of the molecule is CC1=CCCC(C)(C)/C1=C/CCI. The summed E-state index contributed by atoms with van der Waals surface area (Å²) < 4.78 is 1.23. The minimum absolute atomic E-state index is 0.407. The molecule has 0 aromatic heterocycles. The van der Waals surface area contributed by atoms with Gasteiger partial charge in [0.15, 0.2) is 0 Å². The molecule has 0 bridgehead atoms. The van der Waals surface area contributed by atoms with Crippen LogP contribution in [-0.2, 0) is 0 Å². The Hall–Kier alpha value is 0.210. The van der Waals surface area contributed by atoms with E-state index < -0.39 is 0 Å². The van der Waals surface area contributed by atoms with Crippen molar-refractivity contribution >= 4 is 22.6 Å². The molecule has 1 rings (SSSR count). The van der Waals surface area contributed by atoms with E-state index in [-0.39, 0.29) is 0 Å². The van der Waals surface area contributed by atoms with Gasteiger partial charge in [0, 0.05) is 4.43 Å². The predicted octanol–water partition coefficient (Wildman–Crippen LogP) is 4.50. The second kappa shape index (κ2) is 4.63. The van der Waals surface area contributed by atoms with Gasteiger partial charge >= 0.3 is 0 Å². The van der Waals surface area contributed by atoms with Gasteiger partial charge < -0.3 is 0 Å². The van der Waals surface area contributed by atoms with Crippen LogP contribution in [0, 0.1) is 5.41 Å². The Balaban J connectivity index is 2.87. The zero-order chi connectivity index (χ0) is 9.90. The van der Waals surface area contributed by atoms with E-state index in [1.807, 2.05) is 0 Å². The van der Waals surface area contributed by atoms with Gasteiger partial charge in [-0.25, -0.2) is 0 Å². The van der Waals surface area contributed by atoms with Gasteiger partial charge in [0.25, 0.3) is 0 Å². The molecule has 1 aliphatic rings. The van der Waals surface area contributed by atoms with Crippen molar-refractivity contribution in [3.8, 4) is 0 Å². The van der Waals surface area contributed by atoms with Crippen molar-refractivity contribution in [2.75, 3.05) is 4.43 Å². The summed E-state index contributed by atoms with van der Waals surface area (Å²) in [6.07, 6.45) is 8.57. The van der Waals surface area contributed by atoms with Crippen molar-refractivity contribution in [3.63, 3.8) is 0 Å². The molecule has 1 heteroatoms. The Morgan fingerprint density at radius 3 is 2.77 bits per heavy atom. The lowest BCUT2D eigenvalue weighted by molar-refractivity contribution is 0.403. The van der Waals surface area contributed by atoms with Gasteiger partial charge in [-0.1, -0.05) is 54.2 Å². The maximum atomic E-state index is 2.44. The molecule has 0 atom stereocenters. The summed E-state index contributed by atoms with van der Waals surface area (Å²) >= 11 is 2.44. The van der Waals surface area contributed by atoms with E-state index in [2.05, 4.69) is 55.5 Å². The lowest BCUT2D eigenvalue weighted by Crippen LogP contribution is -2.18. The molecule has 0 spiro atoms. The summed E-state index contributed by atoms with van der Waals surface area (Å²) in [4.78, 5) is 0. The van der Waals surface area contributed by atoms with Gasteiger partial charge in [-0.3, -0.25) is 0 Å². The highest BCUT2D eigenvalue weighted by molar-refractivity contribution is 14.1. The van der Waals surface area contributed by atoms with Crippen molar-refractivity contribution in [1.82, 2.24) is 0 Å². The highest BCUT2D eigenvalue weighted by Crippen LogP contribution is 2.40. The van der Waals surface area contributed by atoms with E-state index in [0.717, 1.165) is 0 Å². The standard InChI is InChI=1S/C12H19I/c1-10-6-4-8-12(2,3)11(10)7-5-9-13/h6-7H,4-5,8-9H2,1-3H3/b11-7+. The summed E-state index contributed by atoms with van der Waals surface area (Å²) in [5, 5.41) is 0. The molecule has 74 valence electrons. The Bertz CT molecular complexity index is 234. The Morgan fingerprint density at radius 2 is 2.23 bits per heavy atom. The number of alkyl halides is 1. The zero-order valence-electron chi connectivity index (χ0n) is 8.86. The lowest BCUT2D eigenvalue weighted by Gasteiger charge is -2.32. The molecule has 13 heavy (non-hydrogen) atoms. The summed E-state index contributed by atoms with van der Waals surface area (Å²) in [6.45, 7) is 6.98. The molecule has 0 aliphatic heterocycles. The third-order valence-corrected chi connectivity index (χ3v) is 3.45. The van der Waals surface area contributed by atoms with Crippen LogP contribution in [0.1, 0.15) is 40.0 Å². The first kappa shape index (κ1) is 11.3. The highest BCUT2D eigenvalue weighted by atomic mass is 127. The van der Waals surface area contributed by atoms with Crippen molar-refractivity contribution < 1.29 is 0 Å². The molecule has 0 unspecified atom stereocenters. The van der Waals surface area contributed by atoms with Gasteiger partial charge in [-0.2, -0.15) is 0 Å². The average molecular weight is 290 g/mol. The third kappa shape index (κ3) is 2.83. The van der Waals surface area contributed by atoms with Crippen molar-refractivity contribution in [1.29, 1.82) is 0 Å². The minimum atomic E-state index is 0.407. The number of rotatable bonds is 2. The van der Waals surface area contributed by atoms with Crippen LogP contribution in [0.25, 0.3) is 0 Å². The number of halogens is 1. The van der Waals surface area contributed by atoms with Gasteiger partial charge in [0.05, 0.1) is 0 Å². The maximum absolute atomic E-state index is 2.44. The van der Waals surface area contributed by atoms with Gasteiger partial charge in [0.1, 0.15) is 0 Å². The highest BCUT2D eigenvalue weighted by Gasteiger charge is 2.26. The third-order valence-electron chi connectivity index (χ3n) is 2.83. The number of allylic oxidation sites excluding steroid dienone is 4. The van der Waals surface area contributed by atoms with E-state index >= 15 is 0 Å². The van der Waals surface area contributed by atoms with Crippen LogP contribution in [-0.4, -0.2) is 4.43 Å². The van der Waals surface area contributed by atoms with E-state index in [4.69, 9.17) is 0 Å². The lowest BCUT2D eigenvalue weighted by atomic mass is 9.73.